The van der Waals surface area contributed by atoms with Crippen molar-refractivity contribution >= 4 is 17.5 Å². The van der Waals surface area contributed by atoms with Crippen LogP contribution in [-0.4, -0.2) is 91.6 Å². The third-order valence-corrected chi connectivity index (χ3v) is 4.05. The fraction of sp³-hybridized carbons (Fsp3) is 0.529. The van der Waals surface area contributed by atoms with Gasteiger partial charge in [-0.25, -0.2) is 0 Å². The van der Waals surface area contributed by atoms with Crippen LogP contribution < -0.4 is 5.32 Å². The summed E-state index contributed by atoms with van der Waals surface area (Å²) in [5, 5.41) is 11.8. The van der Waals surface area contributed by atoms with E-state index in [-0.39, 0.29) is 18.4 Å². The highest BCUT2D eigenvalue weighted by Crippen LogP contribution is 2.12. The van der Waals surface area contributed by atoms with Crippen molar-refractivity contribution in [3.05, 3.63) is 29.8 Å². The molecule has 7 nitrogen and oxygen atoms in total. The smallest absolute Gasteiger partial charge is 0.253 e. The fourth-order valence-electron chi connectivity index (χ4n) is 2.70. The first-order valence-corrected chi connectivity index (χ1v) is 8.16. The maximum atomic E-state index is 12.2. The van der Waals surface area contributed by atoms with E-state index in [1.807, 2.05) is 0 Å². The zero-order valence-electron chi connectivity index (χ0n) is 14.4. The Morgan fingerprint density at radius 3 is 2.46 bits per heavy atom. The van der Waals surface area contributed by atoms with Crippen LogP contribution in [0.4, 0.5) is 5.69 Å². The average molecular weight is 334 g/mol. The van der Waals surface area contributed by atoms with Crippen molar-refractivity contribution in [2.75, 3.05) is 65.3 Å². The number of benzene rings is 1. The molecule has 1 aliphatic rings. The van der Waals surface area contributed by atoms with Crippen LogP contribution in [-0.2, 0) is 4.79 Å². The van der Waals surface area contributed by atoms with E-state index in [0.29, 0.717) is 24.3 Å². The Morgan fingerprint density at radius 2 is 1.83 bits per heavy atom. The zero-order valence-corrected chi connectivity index (χ0v) is 14.4. The van der Waals surface area contributed by atoms with Gasteiger partial charge in [0.1, 0.15) is 0 Å². The van der Waals surface area contributed by atoms with Gasteiger partial charge in [-0.1, -0.05) is 6.07 Å². The number of hydrogen-bond acceptors (Lipinski definition) is 5. The van der Waals surface area contributed by atoms with Gasteiger partial charge in [0.05, 0.1) is 13.2 Å². The number of aliphatic hydroxyl groups is 1. The van der Waals surface area contributed by atoms with E-state index >= 15 is 0 Å². The molecule has 132 valence electrons. The van der Waals surface area contributed by atoms with Gasteiger partial charge in [-0.3, -0.25) is 19.4 Å². The number of amides is 2. The second-order valence-electron chi connectivity index (χ2n) is 6.17. The van der Waals surface area contributed by atoms with E-state index in [2.05, 4.69) is 15.1 Å². The summed E-state index contributed by atoms with van der Waals surface area (Å²) in [7, 11) is 3.40. The van der Waals surface area contributed by atoms with Crippen LogP contribution in [0.25, 0.3) is 0 Å². The molecular weight excluding hydrogens is 308 g/mol. The molecule has 0 bridgehead atoms. The first-order chi connectivity index (χ1) is 11.5. The van der Waals surface area contributed by atoms with E-state index in [1.165, 1.54) is 4.90 Å². The molecule has 0 aromatic heterocycles. The lowest BCUT2D eigenvalue weighted by molar-refractivity contribution is -0.117. The average Bonchev–Trinajstić information content (AvgIpc) is 2.56. The number of nitrogens with zero attached hydrogens (tertiary/aromatic N) is 3. The number of rotatable bonds is 6. The summed E-state index contributed by atoms with van der Waals surface area (Å²) in [6, 6.07) is 6.97. The molecule has 1 aromatic rings. The fourth-order valence-corrected chi connectivity index (χ4v) is 2.70. The molecule has 2 rings (SSSR count). The largest absolute Gasteiger partial charge is 0.395 e. The van der Waals surface area contributed by atoms with E-state index in [1.54, 1.807) is 38.4 Å². The summed E-state index contributed by atoms with van der Waals surface area (Å²) in [4.78, 5) is 30.0. The first kappa shape index (κ1) is 18.4. The second-order valence-corrected chi connectivity index (χ2v) is 6.17. The predicted molar refractivity (Wildman–Crippen MR) is 93.1 cm³/mol. The molecule has 0 saturated carbocycles. The summed E-state index contributed by atoms with van der Waals surface area (Å²) < 4.78 is 0. The highest BCUT2D eigenvalue weighted by atomic mass is 16.3. The number of nitrogens with one attached hydrogen (secondary N) is 1. The lowest BCUT2D eigenvalue weighted by Crippen LogP contribution is -2.49. The zero-order chi connectivity index (χ0) is 17.5. The second kappa shape index (κ2) is 8.77. The van der Waals surface area contributed by atoms with Gasteiger partial charge in [-0.2, -0.15) is 0 Å². The number of piperazine rings is 1. The molecule has 1 heterocycles. The monoisotopic (exact) mass is 334 g/mol. The minimum Gasteiger partial charge on any atom is -0.395 e. The van der Waals surface area contributed by atoms with Gasteiger partial charge in [-0.15, -0.1) is 0 Å². The third-order valence-electron chi connectivity index (χ3n) is 4.05. The van der Waals surface area contributed by atoms with E-state index < -0.39 is 0 Å². The molecule has 2 N–H and O–H groups in total. The molecule has 0 atom stereocenters. The molecular formula is C17H26N4O3. The molecule has 1 saturated heterocycles. The lowest BCUT2D eigenvalue weighted by Gasteiger charge is -2.33. The molecule has 0 aliphatic carbocycles. The van der Waals surface area contributed by atoms with Crippen LogP contribution in [0, 0.1) is 0 Å². The van der Waals surface area contributed by atoms with Crippen LogP contribution in [0.3, 0.4) is 0 Å². The lowest BCUT2D eigenvalue weighted by atomic mass is 10.2. The van der Waals surface area contributed by atoms with Crippen molar-refractivity contribution in [3.63, 3.8) is 0 Å². The van der Waals surface area contributed by atoms with Crippen LogP contribution in [0.5, 0.6) is 0 Å². The molecule has 0 spiro atoms. The molecule has 7 heteroatoms. The van der Waals surface area contributed by atoms with Crippen molar-refractivity contribution in [1.82, 2.24) is 14.7 Å². The number of carbonyl (C=O) groups is 2. The maximum absolute atomic E-state index is 12.2. The molecule has 0 unspecified atom stereocenters. The molecule has 1 fully saturated rings. The number of aliphatic hydroxyl groups excluding tert-OH is 1. The Kier molecular flexibility index (Phi) is 6.72. The third kappa shape index (κ3) is 5.30. The summed E-state index contributed by atoms with van der Waals surface area (Å²) in [6.07, 6.45) is 0. The Morgan fingerprint density at radius 1 is 1.17 bits per heavy atom. The minimum atomic E-state index is -0.0916. The Bertz CT molecular complexity index is 569. The van der Waals surface area contributed by atoms with Gasteiger partial charge in [0.25, 0.3) is 5.91 Å². The van der Waals surface area contributed by atoms with Crippen molar-refractivity contribution < 1.29 is 14.7 Å². The molecule has 2 amide bonds. The number of β-amino-alcohol motifs (C(OH)–C–C–N with tert-alkyl or cyclic N) is 1. The summed E-state index contributed by atoms with van der Waals surface area (Å²) in [5.41, 5.74) is 1.18. The molecule has 1 aliphatic heterocycles. The molecule has 0 radical (unpaired) electrons. The van der Waals surface area contributed by atoms with Crippen molar-refractivity contribution in [2.45, 2.75) is 0 Å². The SMILES string of the molecule is CN(C)C(=O)c1cccc(NC(=O)CN2CCN(CCO)CC2)c1. The Balaban J connectivity index is 1.85. The van der Waals surface area contributed by atoms with E-state index in [0.717, 1.165) is 26.2 Å². The normalized spacial score (nSPS) is 16.0. The van der Waals surface area contributed by atoms with Crippen molar-refractivity contribution in [3.8, 4) is 0 Å². The van der Waals surface area contributed by atoms with Crippen LogP contribution in [0.1, 0.15) is 10.4 Å². The van der Waals surface area contributed by atoms with Crippen LogP contribution in [0.15, 0.2) is 24.3 Å². The highest BCUT2D eigenvalue weighted by molar-refractivity contribution is 5.97. The maximum Gasteiger partial charge on any atom is 0.253 e. The van der Waals surface area contributed by atoms with Gasteiger partial charge < -0.3 is 15.3 Å². The highest BCUT2D eigenvalue weighted by Gasteiger charge is 2.18. The number of anilines is 1. The summed E-state index contributed by atoms with van der Waals surface area (Å²) >= 11 is 0. The quantitative estimate of drug-likeness (QED) is 0.762. The van der Waals surface area contributed by atoms with Crippen molar-refractivity contribution in [2.24, 2.45) is 0 Å². The summed E-state index contributed by atoms with van der Waals surface area (Å²) in [5.74, 6) is -0.175. The van der Waals surface area contributed by atoms with Crippen LogP contribution in [0.2, 0.25) is 0 Å². The molecule has 1 aromatic carbocycles. The van der Waals surface area contributed by atoms with Crippen LogP contribution >= 0.6 is 0 Å². The standard InChI is InChI=1S/C17H26N4O3/c1-19(2)17(24)14-4-3-5-15(12-14)18-16(23)13-21-8-6-20(7-9-21)10-11-22/h3-5,12,22H,6-11,13H2,1-2H3,(H,18,23). The van der Waals surface area contributed by atoms with Gasteiger partial charge in [-0.05, 0) is 18.2 Å². The first-order valence-electron chi connectivity index (χ1n) is 8.16. The van der Waals surface area contributed by atoms with E-state index in [4.69, 9.17) is 5.11 Å². The minimum absolute atomic E-state index is 0.0833. The number of hydrogen-bond donors (Lipinski definition) is 2. The number of carbonyl (C=O) groups excluding carboxylic acids is 2. The van der Waals surface area contributed by atoms with Gasteiger partial charge in [0.15, 0.2) is 0 Å². The van der Waals surface area contributed by atoms with E-state index in [9.17, 15) is 9.59 Å². The summed E-state index contributed by atoms with van der Waals surface area (Å²) in [6.45, 7) is 4.54. The van der Waals surface area contributed by atoms with Gasteiger partial charge in [0, 0.05) is 58.1 Å². The Labute approximate surface area is 142 Å². The van der Waals surface area contributed by atoms with Crippen molar-refractivity contribution in [1.29, 1.82) is 0 Å². The van der Waals surface area contributed by atoms with Gasteiger partial charge in [0.2, 0.25) is 5.91 Å². The molecule has 24 heavy (non-hydrogen) atoms. The van der Waals surface area contributed by atoms with Gasteiger partial charge >= 0.3 is 0 Å². The predicted octanol–water partition coefficient (Wildman–Crippen LogP) is -0.0632. The topological polar surface area (TPSA) is 76.1 Å². The Hall–Kier alpha value is -1.96.